The van der Waals surface area contributed by atoms with Crippen molar-refractivity contribution in [2.75, 3.05) is 14.2 Å². The number of ether oxygens (including phenoxy) is 2. The van der Waals surface area contributed by atoms with Crippen molar-refractivity contribution < 1.29 is 19.1 Å². The molecule has 0 aromatic rings. The normalized spacial score (nSPS) is 8.83. The van der Waals surface area contributed by atoms with E-state index < -0.39 is 5.97 Å². The number of allylic oxidation sites excluding steroid dienone is 1. The van der Waals surface area contributed by atoms with Gasteiger partial charge in [0, 0.05) is 0 Å². The van der Waals surface area contributed by atoms with Crippen molar-refractivity contribution in [1.29, 1.82) is 0 Å². The van der Waals surface area contributed by atoms with Crippen molar-refractivity contribution in [1.82, 2.24) is 0 Å². The van der Waals surface area contributed by atoms with Crippen LogP contribution >= 0.6 is 0 Å². The molecule has 4 nitrogen and oxygen atoms in total. The Labute approximate surface area is 71.2 Å². The molecule has 0 spiro atoms. The van der Waals surface area contributed by atoms with Crippen LogP contribution in [0.25, 0.3) is 0 Å². The van der Waals surface area contributed by atoms with Gasteiger partial charge >= 0.3 is 5.97 Å². The summed E-state index contributed by atoms with van der Waals surface area (Å²) in [4.78, 5) is 21.5. The van der Waals surface area contributed by atoms with Crippen LogP contribution < -0.4 is 0 Å². The highest BCUT2D eigenvalue weighted by molar-refractivity contribution is 5.96. The summed E-state index contributed by atoms with van der Waals surface area (Å²) in [5, 5.41) is 0. The standard InChI is InChI=1S/C8H12O4/c1-6(11-2)4-7(9)5-8(10)12-3/h1,4-5H2,2-3H3. The molecule has 0 aromatic carbocycles. The van der Waals surface area contributed by atoms with Gasteiger partial charge in [-0.15, -0.1) is 0 Å². The summed E-state index contributed by atoms with van der Waals surface area (Å²) in [7, 11) is 2.66. The molecular weight excluding hydrogens is 160 g/mol. The van der Waals surface area contributed by atoms with Gasteiger partial charge in [-0.1, -0.05) is 6.58 Å². The number of Topliss-reactive ketones (excluding diaryl/α,β-unsaturated/α-hetero) is 1. The Hall–Kier alpha value is -1.32. The van der Waals surface area contributed by atoms with Gasteiger partial charge in [0.1, 0.15) is 6.42 Å². The first-order valence-electron chi connectivity index (χ1n) is 3.40. The van der Waals surface area contributed by atoms with E-state index in [9.17, 15) is 9.59 Å². The quantitative estimate of drug-likeness (QED) is 0.347. The first kappa shape index (κ1) is 10.7. The zero-order valence-electron chi connectivity index (χ0n) is 7.25. The minimum atomic E-state index is -0.538. The summed E-state index contributed by atoms with van der Waals surface area (Å²) in [5.41, 5.74) is 0. The van der Waals surface area contributed by atoms with Crippen molar-refractivity contribution in [3.05, 3.63) is 12.3 Å². The second-order valence-electron chi connectivity index (χ2n) is 2.21. The molecule has 0 heterocycles. The lowest BCUT2D eigenvalue weighted by Gasteiger charge is -2.01. The van der Waals surface area contributed by atoms with E-state index >= 15 is 0 Å². The van der Waals surface area contributed by atoms with E-state index in [0.717, 1.165) is 0 Å². The summed E-state index contributed by atoms with van der Waals surface area (Å²) < 4.78 is 8.97. The lowest BCUT2D eigenvalue weighted by molar-refractivity contribution is -0.143. The molecule has 0 rings (SSSR count). The fourth-order valence-corrected chi connectivity index (χ4v) is 0.588. The van der Waals surface area contributed by atoms with Crippen LogP contribution in [-0.4, -0.2) is 26.0 Å². The molecule has 0 aliphatic carbocycles. The van der Waals surface area contributed by atoms with Crippen LogP contribution in [0.1, 0.15) is 12.8 Å². The van der Waals surface area contributed by atoms with Crippen molar-refractivity contribution in [2.24, 2.45) is 0 Å². The number of carbonyl (C=O) groups is 2. The maximum Gasteiger partial charge on any atom is 0.313 e. The Balaban J connectivity index is 3.74. The number of esters is 1. The van der Waals surface area contributed by atoms with E-state index in [-0.39, 0.29) is 18.6 Å². The van der Waals surface area contributed by atoms with Gasteiger partial charge in [-0.3, -0.25) is 9.59 Å². The third kappa shape index (κ3) is 4.49. The smallest absolute Gasteiger partial charge is 0.313 e. The highest BCUT2D eigenvalue weighted by Crippen LogP contribution is 2.01. The Bertz CT molecular complexity index is 175. The lowest BCUT2D eigenvalue weighted by Crippen LogP contribution is -2.09. The Morgan fingerprint density at radius 2 is 1.75 bits per heavy atom. The number of methoxy groups -OCH3 is 2. The van der Waals surface area contributed by atoms with Crippen LogP contribution in [0.3, 0.4) is 0 Å². The van der Waals surface area contributed by atoms with Crippen LogP contribution in [0, 0.1) is 0 Å². The molecule has 0 fully saturated rings. The van der Waals surface area contributed by atoms with Crippen molar-refractivity contribution in [3.8, 4) is 0 Å². The fourth-order valence-electron chi connectivity index (χ4n) is 0.588. The number of carbonyl (C=O) groups excluding carboxylic acids is 2. The van der Waals surface area contributed by atoms with Gasteiger partial charge in [0.05, 0.1) is 26.4 Å². The minimum Gasteiger partial charge on any atom is -0.501 e. The van der Waals surface area contributed by atoms with Crippen LogP contribution in [0.15, 0.2) is 12.3 Å². The summed E-state index contributed by atoms with van der Waals surface area (Å²) in [6, 6.07) is 0. The lowest BCUT2D eigenvalue weighted by atomic mass is 10.2. The Kier molecular flexibility index (Phi) is 4.76. The molecule has 0 radical (unpaired) electrons. The first-order chi connectivity index (χ1) is 5.60. The summed E-state index contributed by atoms with van der Waals surface area (Å²) in [6.07, 6.45) is -0.162. The molecule has 12 heavy (non-hydrogen) atoms. The maximum atomic E-state index is 10.9. The maximum absolute atomic E-state index is 10.9. The molecule has 4 heteroatoms. The molecule has 0 saturated heterocycles. The molecule has 68 valence electrons. The van der Waals surface area contributed by atoms with E-state index in [1.165, 1.54) is 14.2 Å². The largest absolute Gasteiger partial charge is 0.501 e. The molecule has 0 N–H and O–H groups in total. The van der Waals surface area contributed by atoms with Crippen molar-refractivity contribution in [3.63, 3.8) is 0 Å². The van der Waals surface area contributed by atoms with Crippen LogP contribution in [0.4, 0.5) is 0 Å². The van der Waals surface area contributed by atoms with Gasteiger partial charge in [0.2, 0.25) is 0 Å². The van der Waals surface area contributed by atoms with E-state index in [0.29, 0.717) is 5.76 Å². The summed E-state index contributed by atoms with van der Waals surface area (Å²) >= 11 is 0. The third-order valence-corrected chi connectivity index (χ3v) is 1.25. The van der Waals surface area contributed by atoms with Gasteiger partial charge in [-0.05, 0) is 0 Å². The highest BCUT2D eigenvalue weighted by atomic mass is 16.5. The minimum absolute atomic E-state index is 0.0611. The molecule has 0 bridgehead atoms. The molecule has 0 unspecified atom stereocenters. The Morgan fingerprint density at radius 3 is 2.17 bits per heavy atom. The van der Waals surface area contributed by atoms with Gasteiger partial charge in [0.25, 0.3) is 0 Å². The first-order valence-corrected chi connectivity index (χ1v) is 3.40. The van der Waals surface area contributed by atoms with E-state index in [1.54, 1.807) is 0 Å². The predicted molar refractivity (Wildman–Crippen MR) is 42.4 cm³/mol. The van der Waals surface area contributed by atoms with Crippen LogP contribution in [0.2, 0.25) is 0 Å². The van der Waals surface area contributed by atoms with Crippen molar-refractivity contribution >= 4 is 11.8 Å². The number of hydrogen-bond donors (Lipinski definition) is 0. The van der Waals surface area contributed by atoms with E-state index in [4.69, 9.17) is 0 Å². The van der Waals surface area contributed by atoms with E-state index in [2.05, 4.69) is 16.1 Å². The summed E-state index contributed by atoms with van der Waals surface area (Å²) in [6.45, 7) is 3.45. The molecule has 0 aromatic heterocycles. The highest BCUT2D eigenvalue weighted by Gasteiger charge is 2.10. The zero-order chi connectivity index (χ0) is 9.56. The molecule has 0 amide bonds. The third-order valence-electron chi connectivity index (χ3n) is 1.25. The second-order valence-corrected chi connectivity index (χ2v) is 2.21. The number of hydrogen-bond acceptors (Lipinski definition) is 4. The molecular formula is C8H12O4. The van der Waals surface area contributed by atoms with Crippen LogP contribution in [-0.2, 0) is 19.1 Å². The van der Waals surface area contributed by atoms with Gasteiger partial charge in [0.15, 0.2) is 5.78 Å². The topological polar surface area (TPSA) is 52.6 Å². The number of ketones is 1. The molecule has 0 atom stereocenters. The van der Waals surface area contributed by atoms with Gasteiger partial charge in [-0.2, -0.15) is 0 Å². The average Bonchev–Trinajstić information content (AvgIpc) is 2.03. The Morgan fingerprint density at radius 1 is 1.17 bits per heavy atom. The fraction of sp³-hybridized carbons (Fsp3) is 0.500. The van der Waals surface area contributed by atoms with E-state index in [1.807, 2.05) is 0 Å². The molecule has 0 aliphatic rings. The average molecular weight is 172 g/mol. The number of rotatable bonds is 5. The summed E-state index contributed by atoms with van der Waals surface area (Å²) in [5.74, 6) is -0.443. The van der Waals surface area contributed by atoms with Crippen molar-refractivity contribution in [2.45, 2.75) is 12.8 Å². The predicted octanol–water partition coefficient (Wildman–Crippen LogP) is 0.669. The van der Waals surface area contributed by atoms with Gasteiger partial charge in [-0.25, -0.2) is 0 Å². The zero-order valence-corrected chi connectivity index (χ0v) is 7.25. The second kappa shape index (κ2) is 5.35. The monoisotopic (exact) mass is 172 g/mol. The van der Waals surface area contributed by atoms with Gasteiger partial charge < -0.3 is 9.47 Å². The molecule has 0 saturated carbocycles. The molecule has 0 aliphatic heterocycles. The van der Waals surface area contributed by atoms with Crippen LogP contribution in [0.5, 0.6) is 0 Å². The SMILES string of the molecule is C=C(CC(=O)CC(=O)OC)OC.